The van der Waals surface area contributed by atoms with E-state index in [4.69, 9.17) is 5.73 Å². The van der Waals surface area contributed by atoms with Gasteiger partial charge in [-0.05, 0) is 25.4 Å². The lowest BCUT2D eigenvalue weighted by Crippen LogP contribution is -2.34. The van der Waals surface area contributed by atoms with Gasteiger partial charge in [0.05, 0.1) is 0 Å². The van der Waals surface area contributed by atoms with Gasteiger partial charge in [0.25, 0.3) is 5.56 Å². The predicted octanol–water partition coefficient (Wildman–Crippen LogP) is -1.40. The van der Waals surface area contributed by atoms with Gasteiger partial charge >= 0.3 is 5.69 Å². The Balaban J connectivity index is 2.25. The molecule has 2 heterocycles. The maximum atomic E-state index is 11.5. The van der Waals surface area contributed by atoms with Crippen LogP contribution in [0.3, 0.4) is 0 Å². The van der Waals surface area contributed by atoms with Gasteiger partial charge in [-0.3, -0.25) is 14.3 Å². The molecule has 1 aliphatic rings. The topological polar surface area (TPSA) is 92.9 Å². The first-order valence-corrected chi connectivity index (χ1v) is 5.44. The van der Waals surface area contributed by atoms with E-state index < -0.39 is 0 Å². The monoisotopic (exact) mass is 224 g/mol. The maximum absolute atomic E-state index is 11.5. The van der Waals surface area contributed by atoms with Crippen molar-refractivity contribution in [3.63, 3.8) is 0 Å². The van der Waals surface area contributed by atoms with Crippen molar-refractivity contribution in [3.8, 4) is 0 Å². The second-order valence-electron chi connectivity index (χ2n) is 4.13. The highest BCUT2D eigenvalue weighted by Gasteiger charge is 2.15. The molecule has 6 heteroatoms. The number of nitrogens with zero attached hydrogens (tertiary/aromatic N) is 1. The molecule has 6 nitrogen and oxygen atoms in total. The molecule has 1 aromatic rings. The number of aromatic amines is 1. The first kappa shape index (κ1) is 11.1. The van der Waals surface area contributed by atoms with E-state index in [2.05, 4.69) is 10.3 Å². The van der Waals surface area contributed by atoms with E-state index in [9.17, 15) is 9.59 Å². The molecule has 88 valence electrons. The van der Waals surface area contributed by atoms with Crippen LogP contribution in [0.2, 0.25) is 0 Å². The zero-order chi connectivity index (χ0) is 11.5. The minimum absolute atomic E-state index is 0.151. The molecule has 0 bridgehead atoms. The van der Waals surface area contributed by atoms with Gasteiger partial charge in [-0.15, -0.1) is 0 Å². The van der Waals surface area contributed by atoms with Gasteiger partial charge in [0, 0.05) is 24.8 Å². The van der Waals surface area contributed by atoms with Crippen molar-refractivity contribution in [2.45, 2.75) is 19.5 Å². The summed E-state index contributed by atoms with van der Waals surface area (Å²) >= 11 is 0. The normalized spacial score (nSPS) is 20.2. The van der Waals surface area contributed by atoms with Crippen LogP contribution < -0.4 is 22.3 Å². The first-order valence-electron chi connectivity index (χ1n) is 5.44. The average molecular weight is 224 g/mol. The third kappa shape index (κ3) is 2.23. The second-order valence-corrected chi connectivity index (χ2v) is 4.13. The SMILES string of the molecule is NCc1cn(CC2CCNC2)c(=O)[nH]c1=O. The van der Waals surface area contributed by atoms with Gasteiger partial charge in [0.1, 0.15) is 0 Å². The van der Waals surface area contributed by atoms with E-state index in [1.54, 1.807) is 10.8 Å². The molecule has 1 unspecified atom stereocenters. The van der Waals surface area contributed by atoms with E-state index in [1.807, 2.05) is 0 Å². The Morgan fingerprint density at radius 3 is 2.94 bits per heavy atom. The molecule has 1 fully saturated rings. The van der Waals surface area contributed by atoms with Crippen molar-refractivity contribution in [1.29, 1.82) is 0 Å². The van der Waals surface area contributed by atoms with Crippen molar-refractivity contribution in [3.05, 3.63) is 32.6 Å². The lowest BCUT2D eigenvalue weighted by atomic mass is 10.1. The van der Waals surface area contributed by atoms with Crippen LogP contribution in [0, 0.1) is 5.92 Å². The molecule has 0 aromatic carbocycles. The number of H-pyrrole nitrogens is 1. The molecule has 0 aliphatic carbocycles. The molecule has 0 saturated carbocycles. The van der Waals surface area contributed by atoms with E-state index in [0.29, 0.717) is 18.0 Å². The highest BCUT2D eigenvalue weighted by molar-refractivity contribution is 5.03. The van der Waals surface area contributed by atoms with Crippen molar-refractivity contribution in [1.82, 2.24) is 14.9 Å². The Morgan fingerprint density at radius 1 is 1.50 bits per heavy atom. The fraction of sp³-hybridized carbons (Fsp3) is 0.600. The van der Waals surface area contributed by atoms with Gasteiger partial charge in [-0.1, -0.05) is 0 Å². The molecule has 1 saturated heterocycles. The molecule has 0 spiro atoms. The van der Waals surface area contributed by atoms with Crippen LogP contribution in [0.5, 0.6) is 0 Å². The fourth-order valence-corrected chi connectivity index (χ4v) is 1.98. The predicted molar refractivity (Wildman–Crippen MR) is 60.2 cm³/mol. The third-order valence-electron chi connectivity index (χ3n) is 2.92. The van der Waals surface area contributed by atoms with Crippen LogP contribution in [0.1, 0.15) is 12.0 Å². The van der Waals surface area contributed by atoms with Crippen molar-refractivity contribution in [2.75, 3.05) is 13.1 Å². The lowest BCUT2D eigenvalue weighted by Gasteiger charge is -2.11. The molecule has 1 atom stereocenters. The van der Waals surface area contributed by atoms with Crippen LogP contribution in [0.4, 0.5) is 0 Å². The summed E-state index contributed by atoms with van der Waals surface area (Å²) in [4.78, 5) is 25.1. The van der Waals surface area contributed by atoms with Crippen LogP contribution in [-0.4, -0.2) is 22.6 Å². The Bertz CT molecular complexity index is 470. The Morgan fingerprint density at radius 2 is 2.31 bits per heavy atom. The summed E-state index contributed by atoms with van der Waals surface area (Å²) in [6.07, 6.45) is 2.63. The van der Waals surface area contributed by atoms with E-state index in [-0.39, 0.29) is 17.8 Å². The minimum atomic E-state index is -0.381. The molecule has 0 amide bonds. The standard InChI is InChI=1S/C10H16N4O2/c11-3-8-6-14(10(16)13-9(8)15)5-7-1-2-12-4-7/h6-7,12H,1-5,11H2,(H,13,15,16). The lowest BCUT2D eigenvalue weighted by molar-refractivity contribution is 0.463. The van der Waals surface area contributed by atoms with Crippen molar-refractivity contribution >= 4 is 0 Å². The minimum Gasteiger partial charge on any atom is -0.326 e. The summed E-state index contributed by atoms with van der Waals surface area (Å²) in [7, 11) is 0. The van der Waals surface area contributed by atoms with E-state index in [1.165, 1.54) is 0 Å². The highest BCUT2D eigenvalue weighted by Crippen LogP contribution is 2.08. The molecule has 4 N–H and O–H groups in total. The molecule has 0 radical (unpaired) electrons. The number of nitrogens with one attached hydrogen (secondary N) is 2. The number of rotatable bonds is 3. The zero-order valence-corrected chi connectivity index (χ0v) is 9.03. The number of aromatic nitrogens is 2. The summed E-state index contributed by atoms with van der Waals surface area (Å²) in [6.45, 7) is 2.70. The van der Waals surface area contributed by atoms with E-state index >= 15 is 0 Å². The smallest absolute Gasteiger partial charge is 0.326 e. The Kier molecular flexibility index (Phi) is 3.21. The first-order chi connectivity index (χ1) is 7.70. The largest absolute Gasteiger partial charge is 0.328 e. The molecule has 1 aromatic heterocycles. The number of hydrogen-bond donors (Lipinski definition) is 3. The zero-order valence-electron chi connectivity index (χ0n) is 9.03. The second kappa shape index (κ2) is 4.63. The summed E-state index contributed by atoms with van der Waals surface area (Å²) in [5.41, 5.74) is 5.15. The number of hydrogen-bond acceptors (Lipinski definition) is 4. The summed E-state index contributed by atoms with van der Waals surface area (Å²) < 4.78 is 1.54. The third-order valence-corrected chi connectivity index (χ3v) is 2.92. The Hall–Kier alpha value is -1.40. The molecule has 16 heavy (non-hydrogen) atoms. The highest BCUT2D eigenvalue weighted by atomic mass is 16.2. The quantitative estimate of drug-likeness (QED) is 0.589. The van der Waals surface area contributed by atoms with Crippen LogP contribution in [0.15, 0.2) is 15.8 Å². The van der Waals surface area contributed by atoms with E-state index in [0.717, 1.165) is 19.5 Å². The summed E-state index contributed by atoms with van der Waals surface area (Å²) in [6, 6.07) is 0. The molecular formula is C10H16N4O2. The molecule has 2 rings (SSSR count). The van der Waals surface area contributed by atoms with Gasteiger partial charge in [0.2, 0.25) is 0 Å². The van der Waals surface area contributed by atoms with Crippen LogP contribution in [-0.2, 0) is 13.1 Å². The number of nitrogens with two attached hydrogens (primary N) is 1. The summed E-state index contributed by atoms with van der Waals surface area (Å²) in [5.74, 6) is 0.453. The average Bonchev–Trinajstić information content (AvgIpc) is 2.75. The maximum Gasteiger partial charge on any atom is 0.328 e. The van der Waals surface area contributed by atoms with Gasteiger partial charge in [-0.25, -0.2) is 4.79 Å². The molecular weight excluding hydrogens is 208 g/mol. The van der Waals surface area contributed by atoms with Crippen LogP contribution in [0.25, 0.3) is 0 Å². The molecule has 1 aliphatic heterocycles. The fourth-order valence-electron chi connectivity index (χ4n) is 1.98. The van der Waals surface area contributed by atoms with Gasteiger partial charge < -0.3 is 11.1 Å². The van der Waals surface area contributed by atoms with Crippen molar-refractivity contribution in [2.24, 2.45) is 11.7 Å². The van der Waals surface area contributed by atoms with Crippen molar-refractivity contribution < 1.29 is 0 Å². The van der Waals surface area contributed by atoms with Gasteiger partial charge in [-0.2, -0.15) is 0 Å². The Labute approximate surface area is 92.5 Å². The summed E-state index contributed by atoms with van der Waals surface area (Å²) in [5, 5.41) is 3.24. The van der Waals surface area contributed by atoms with Gasteiger partial charge in [0.15, 0.2) is 0 Å². The van der Waals surface area contributed by atoms with Crippen LogP contribution >= 0.6 is 0 Å².